The van der Waals surface area contributed by atoms with Crippen LogP contribution < -0.4 is 20.9 Å². The molecule has 2 amide bonds. The van der Waals surface area contributed by atoms with Gasteiger partial charge in [-0.2, -0.15) is 0 Å². The molecule has 0 spiro atoms. The number of nitrogens with zero attached hydrogens (tertiary/aromatic N) is 2. The predicted octanol–water partition coefficient (Wildman–Crippen LogP) is 2.12. The highest BCUT2D eigenvalue weighted by Crippen LogP contribution is 2.39. The number of piperazine rings is 1. The zero-order chi connectivity index (χ0) is 23.9. The molecule has 2 aliphatic carbocycles. The monoisotopic (exact) mass is 483 g/mol. The van der Waals surface area contributed by atoms with Gasteiger partial charge in [0.25, 0.3) is 5.91 Å². The summed E-state index contributed by atoms with van der Waals surface area (Å²) in [5, 5.41) is 9.90. The van der Waals surface area contributed by atoms with E-state index in [1.165, 1.54) is 18.9 Å². The molecular weight excluding hydrogens is 445 g/mol. The minimum atomic E-state index is -0.441. The Kier molecular flexibility index (Phi) is 6.43. The molecule has 0 bridgehead atoms. The van der Waals surface area contributed by atoms with Crippen molar-refractivity contribution in [1.82, 2.24) is 20.9 Å². The lowest BCUT2D eigenvalue weighted by Gasteiger charge is -2.50. The molecular formula is C27H38FN5O2. The fourth-order valence-electron chi connectivity index (χ4n) is 6.92. The number of piperidine rings is 2. The zero-order valence-corrected chi connectivity index (χ0v) is 20.5. The number of fused-ring (bicyclic) bond motifs is 3. The van der Waals surface area contributed by atoms with Crippen LogP contribution in [-0.2, 0) is 4.79 Å². The van der Waals surface area contributed by atoms with Crippen molar-refractivity contribution in [3.63, 3.8) is 0 Å². The van der Waals surface area contributed by atoms with Crippen molar-refractivity contribution >= 4 is 17.5 Å². The second-order valence-electron chi connectivity index (χ2n) is 11.4. The molecule has 5 fully saturated rings. The number of benzene rings is 1. The molecule has 190 valence electrons. The van der Waals surface area contributed by atoms with Gasteiger partial charge < -0.3 is 20.9 Å². The maximum atomic E-state index is 14.6. The molecule has 1 aromatic rings. The van der Waals surface area contributed by atoms with E-state index in [4.69, 9.17) is 0 Å². The quantitative estimate of drug-likeness (QED) is 0.598. The van der Waals surface area contributed by atoms with Crippen molar-refractivity contribution in [1.29, 1.82) is 0 Å². The van der Waals surface area contributed by atoms with Crippen LogP contribution in [0.5, 0.6) is 0 Å². The fourth-order valence-corrected chi connectivity index (χ4v) is 6.92. The molecule has 3 heterocycles. The van der Waals surface area contributed by atoms with E-state index >= 15 is 0 Å². The number of hydrogen-bond donors (Lipinski definition) is 3. The Hall–Kier alpha value is -2.19. The van der Waals surface area contributed by atoms with Crippen LogP contribution in [0.15, 0.2) is 18.2 Å². The molecule has 35 heavy (non-hydrogen) atoms. The van der Waals surface area contributed by atoms with Gasteiger partial charge in [0.1, 0.15) is 5.82 Å². The van der Waals surface area contributed by atoms with Crippen LogP contribution in [0.3, 0.4) is 0 Å². The van der Waals surface area contributed by atoms with Crippen molar-refractivity contribution in [2.75, 3.05) is 44.2 Å². The number of anilines is 1. The average molecular weight is 484 g/mol. The highest BCUT2D eigenvalue weighted by molar-refractivity contribution is 5.95. The summed E-state index contributed by atoms with van der Waals surface area (Å²) in [6.45, 7) is 5.74. The minimum absolute atomic E-state index is 0.138. The van der Waals surface area contributed by atoms with Gasteiger partial charge in [-0.3, -0.25) is 14.5 Å². The summed E-state index contributed by atoms with van der Waals surface area (Å²) in [7, 11) is 0. The summed E-state index contributed by atoms with van der Waals surface area (Å²) in [5.74, 6) is 0.881. The number of carbonyl (C=O) groups excluding carboxylic acids is 2. The molecule has 3 aliphatic heterocycles. The van der Waals surface area contributed by atoms with Gasteiger partial charge in [-0.05, 0) is 81.5 Å². The maximum absolute atomic E-state index is 14.6. The standard InChI is InChI=1S/C27H38FN5O2/c28-23-15-19(6-8-20(23)26(34)30-18-4-5-18)33-12-10-32(11-13-33)16-17-3-7-21-24(14-17)31-27(35)22-2-1-9-29-25(21)22/h6,8,15,17-18,21-22,24-25,29H,1-5,7,9-14,16H2,(H,30,34)(H,31,35). The molecule has 0 aromatic heterocycles. The van der Waals surface area contributed by atoms with Crippen LogP contribution >= 0.6 is 0 Å². The molecule has 3 saturated heterocycles. The Morgan fingerprint density at radius 3 is 2.69 bits per heavy atom. The Morgan fingerprint density at radius 1 is 1.09 bits per heavy atom. The number of rotatable bonds is 5. The summed E-state index contributed by atoms with van der Waals surface area (Å²) >= 11 is 0. The smallest absolute Gasteiger partial charge is 0.254 e. The molecule has 3 N–H and O–H groups in total. The molecule has 2 saturated carbocycles. The zero-order valence-electron chi connectivity index (χ0n) is 20.5. The van der Waals surface area contributed by atoms with Gasteiger partial charge in [-0.15, -0.1) is 0 Å². The van der Waals surface area contributed by atoms with E-state index in [1.54, 1.807) is 6.07 Å². The van der Waals surface area contributed by atoms with Crippen molar-refractivity contribution in [3.05, 3.63) is 29.6 Å². The normalized spacial score (nSPS) is 33.5. The lowest BCUT2D eigenvalue weighted by atomic mass is 9.67. The van der Waals surface area contributed by atoms with Crippen LogP contribution in [0.1, 0.15) is 55.3 Å². The Morgan fingerprint density at radius 2 is 1.91 bits per heavy atom. The van der Waals surface area contributed by atoms with E-state index < -0.39 is 5.82 Å². The molecule has 5 aliphatic rings. The topological polar surface area (TPSA) is 76.7 Å². The highest BCUT2D eigenvalue weighted by Gasteiger charge is 2.47. The van der Waals surface area contributed by atoms with Crippen molar-refractivity contribution in [2.24, 2.45) is 17.8 Å². The van der Waals surface area contributed by atoms with Gasteiger partial charge in [0, 0.05) is 56.5 Å². The molecule has 5 atom stereocenters. The van der Waals surface area contributed by atoms with Gasteiger partial charge >= 0.3 is 0 Å². The summed E-state index contributed by atoms with van der Waals surface area (Å²) in [6, 6.07) is 5.92. The molecule has 7 nitrogen and oxygen atoms in total. The molecule has 5 unspecified atom stereocenters. The lowest BCUT2D eigenvalue weighted by Crippen LogP contribution is -2.64. The third-order valence-electron chi connectivity index (χ3n) is 9.01. The lowest BCUT2D eigenvalue weighted by molar-refractivity contribution is -0.133. The van der Waals surface area contributed by atoms with Gasteiger partial charge in [-0.25, -0.2) is 4.39 Å². The van der Waals surface area contributed by atoms with E-state index in [0.29, 0.717) is 23.9 Å². The van der Waals surface area contributed by atoms with Crippen molar-refractivity contribution < 1.29 is 14.0 Å². The van der Waals surface area contributed by atoms with E-state index in [0.717, 1.165) is 77.1 Å². The number of carbonyl (C=O) groups is 2. The Labute approximate surface area is 207 Å². The van der Waals surface area contributed by atoms with Crippen LogP contribution in [-0.4, -0.2) is 74.1 Å². The highest BCUT2D eigenvalue weighted by atomic mass is 19.1. The first kappa shape index (κ1) is 23.2. The van der Waals surface area contributed by atoms with E-state index in [-0.39, 0.29) is 29.3 Å². The first-order valence-electron chi connectivity index (χ1n) is 13.7. The summed E-state index contributed by atoms with van der Waals surface area (Å²) in [6.07, 6.45) is 7.63. The summed E-state index contributed by atoms with van der Waals surface area (Å²) in [4.78, 5) is 29.6. The number of hydrogen-bond acceptors (Lipinski definition) is 5. The summed E-state index contributed by atoms with van der Waals surface area (Å²) < 4.78 is 14.6. The van der Waals surface area contributed by atoms with Crippen LogP contribution in [0.4, 0.5) is 10.1 Å². The largest absolute Gasteiger partial charge is 0.369 e. The second-order valence-corrected chi connectivity index (χ2v) is 11.4. The maximum Gasteiger partial charge on any atom is 0.254 e. The first-order chi connectivity index (χ1) is 17.0. The van der Waals surface area contributed by atoms with E-state index in [2.05, 4.69) is 25.8 Å². The van der Waals surface area contributed by atoms with E-state index in [1.807, 2.05) is 6.07 Å². The van der Waals surface area contributed by atoms with Crippen molar-refractivity contribution in [2.45, 2.75) is 63.1 Å². The Balaban J connectivity index is 0.999. The van der Waals surface area contributed by atoms with Gasteiger partial charge in [0.05, 0.1) is 11.5 Å². The van der Waals surface area contributed by atoms with Crippen molar-refractivity contribution in [3.8, 4) is 0 Å². The fraction of sp³-hybridized carbons (Fsp3) is 0.704. The third-order valence-corrected chi connectivity index (χ3v) is 9.01. The predicted molar refractivity (Wildman–Crippen MR) is 133 cm³/mol. The second kappa shape index (κ2) is 9.69. The van der Waals surface area contributed by atoms with Gasteiger partial charge in [0.2, 0.25) is 5.91 Å². The molecule has 8 heteroatoms. The number of halogens is 1. The molecule has 6 rings (SSSR count). The molecule has 0 radical (unpaired) electrons. The van der Waals surface area contributed by atoms with Gasteiger partial charge in [0.15, 0.2) is 0 Å². The minimum Gasteiger partial charge on any atom is -0.369 e. The average Bonchev–Trinajstić information content (AvgIpc) is 3.68. The number of nitrogens with one attached hydrogen (secondary N) is 3. The Bertz CT molecular complexity index is 961. The first-order valence-corrected chi connectivity index (χ1v) is 13.7. The van der Waals surface area contributed by atoms with Crippen LogP contribution in [0.25, 0.3) is 0 Å². The summed E-state index contributed by atoms with van der Waals surface area (Å²) in [5.41, 5.74) is 0.990. The van der Waals surface area contributed by atoms with Crippen LogP contribution in [0, 0.1) is 23.6 Å². The van der Waals surface area contributed by atoms with Crippen LogP contribution in [0.2, 0.25) is 0 Å². The SMILES string of the molecule is O=C(NC1CC1)c1ccc(N2CCN(CC3CCC4C(C3)NC(=O)C3CCCNC34)CC2)cc1F. The third kappa shape index (κ3) is 4.92. The van der Waals surface area contributed by atoms with Gasteiger partial charge in [-0.1, -0.05) is 0 Å². The van der Waals surface area contributed by atoms with E-state index in [9.17, 15) is 14.0 Å². The molecule has 1 aromatic carbocycles. The number of amides is 2.